The van der Waals surface area contributed by atoms with Gasteiger partial charge in [0.15, 0.2) is 18.1 Å². The Morgan fingerprint density at radius 3 is 2.94 bits per heavy atom. The number of amides is 2. The van der Waals surface area contributed by atoms with Crippen LogP contribution in [0.25, 0.3) is 0 Å². The number of nitrogens with one attached hydrogen (secondary N) is 1. The lowest BCUT2D eigenvalue weighted by molar-refractivity contribution is -0.118. The third-order valence-electron chi connectivity index (χ3n) is 5.71. The molecule has 31 heavy (non-hydrogen) atoms. The van der Waals surface area contributed by atoms with E-state index >= 15 is 0 Å². The number of hydrogen-bond acceptors (Lipinski definition) is 5. The fraction of sp³-hybridized carbons (Fsp3) is 0.391. The van der Waals surface area contributed by atoms with E-state index in [0.29, 0.717) is 31.1 Å². The molecule has 1 saturated heterocycles. The molecule has 5 rings (SSSR count). The van der Waals surface area contributed by atoms with Crippen molar-refractivity contribution in [2.45, 2.75) is 25.9 Å². The van der Waals surface area contributed by atoms with Gasteiger partial charge in [0.25, 0.3) is 11.8 Å². The van der Waals surface area contributed by atoms with Gasteiger partial charge >= 0.3 is 0 Å². The van der Waals surface area contributed by atoms with Crippen molar-refractivity contribution in [2.75, 3.05) is 31.6 Å². The van der Waals surface area contributed by atoms with Crippen LogP contribution in [0.1, 0.15) is 29.8 Å². The topological polar surface area (TPSA) is 77.1 Å². The van der Waals surface area contributed by atoms with Gasteiger partial charge in [-0.25, -0.2) is 4.39 Å². The average molecular weight is 426 g/mol. The summed E-state index contributed by atoms with van der Waals surface area (Å²) in [6.45, 7) is 5.31. The zero-order valence-corrected chi connectivity index (χ0v) is 17.4. The van der Waals surface area contributed by atoms with Crippen LogP contribution in [-0.2, 0) is 11.2 Å². The fourth-order valence-electron chi connectivity index (χ4n) is 4.19. The Hall–Kier alpha value is -3.29. The monoisotopic (exact) mass is 426 g/mol. The Morgan fingerprint density at radius 2 is 2.13 bits per heavy atom. The first kappa shape index (κ1) is 19.7. The molecule has 0 spiro atoms. The second-order valence-corrected chi connectivity index (χ2v) is 8.84. The van der Waals surface area contributed by atoms with E-state index in [1.54, 1.807) is 4.90 Å². The highest BCUT2D eigenvalue weighted by Gasteiger charge is 2.35. The van der Waals surface area contributed by atoms with Crippen molar-refractivity contribution < 1.29 is 28.2 Å². The molecule has 0 saturated carbocycles. The molecule has 0 bridgehead atoms. The van der Waals surface area contributed by atoms with Gasteiger partial charge in [-0.3, -0.25) is 9.59 Å². The van der Waals surface area contributed by atoms with Crippen LogP contribution in [0.2, 0.25) is 0 Å². The van der Waals surface area contributed by atoms with Crippen molar-refractivity contribution in [1.29, 1.82) is 0 Å². The molecule has 1 fully saturated rings. The van der Waals surface area contributed by atoms with E-state index in [9.17, 15) is 14.0 Å². The zero-order valence-electron chi connectivity index (χ0n) is 17.4. The van der Waals surface area contributed by atoms with E-state index in [0.717, 1.165) is 23.8 Å². The number of carbonyl (C=O) groups excluding carboxylic acids is 2. The molecule has 3 aliphatic heterocycles. The van der Waals surface area contributed by atoms with Crippen molar-refractivity contribution in [3.63, 3.8) is 0 Å². The van der Waals surface area contributed by atoms with E-state index in [1.807, 2.05) is 32.0 Å². The quantitative estimate of drug-likeness (QED) is 0.813. The van der Waals surface area contributed by atoms with Gasteiger partial charge in [-0.2, -0.15) is 0 Å². The molecule has 0 radical (unpaired) electrons. The molecule has 7 nitrogen and oxygen atoms in total. The Morgan fingerprint density at radius 1 is 1.32 bits per heavy atom. The summed E-state index contributed by atoms with van der Waals surface area (Å²) in [7, 11) is 0. The maximum Gasteiger partial charge on any atom is 0.262 e. The van der Waals surface area contributed by atoms with E-state index in [1.165, 1.54) is 6.07 Å². The van der Waals surface area contributed by atoms with Crippen LogP contribution in [0.15, 0.2) is 30.3 Å². The van der Waals surface area contributed by atoms with Crippen molar-refractivity contribution in [3.8, 4) is 17.2 Å². The van der Waals surface area contributed by atoms with Crippen LogP contribution < -0.4 is 19.5 Å². The molecule has 0 unspecified atom stereocenters. The summed E-state index contributed by atoms with van der Waals surface area (Å²) in [5, 5.41) is 2.60. The smallest absolute Gasteiger partial charge is 0.262 e. The predicted octanol–water partition coefficient (Wildman–Crippen LogP) is 3.02. The van der Waals surface area contributed by atoms with E-state index in [2.05, 4.69) is 5.32 Å². The zero-order chi connectivity index (χ0) is 21.8. The number of anilines is 1. The molecule has 3 heterocycles. The number of ether oxygens (including phenoxy) is 3. The Balaban J connectivity index is 1.20. The lowest BCUT2D eigenvalue weighted by atomic mass is 9.99. The van der Waals surface area contributed by atoms with Gasteiger partial charge in [0.2, 0.25) is 0 Å². The normalized spacial score (nSPS) is 18.8. The SMILES string of the molecule is CC1(C)Cc2cccc(OCC3CN(C(=O)c4cc5c(cc4F)OCC(=O)N5)C3)c2O1. The Kier molecular flexibility index (Phi) is 4.53. The number of carbonyl (C=O) groups is 2. The Bertz CT molecular complexity index is 1080. The minimum atomic E-state index is -0.667. The van der Waals surface area contributed by atoms with Crippen molar-refractivity contribution >= 4 is 17.5 Å². The lowest BCUT2D eigenvalue weighted by Crippen LogP contribution is -2.52. The fourth-order valence-corrected chi connectivity index (χ4v) is 4.19. The number of rotatable bonds is 4. The first-order valence-electron chi connectivity index (χ1n) is 10.3. The van der Waals surface area contributed by atoms with Crippen LogP contribution in [0.3, 0.4) is 0 Å². The van der Waals surface area contributed by atoms with Crippen LogP contribution in [0.4, 0.5) is 10.1 Å². The van der Waals surface area contributed by atoms with E-state index in [4.69, 9.17) is 14.2 Å². The molecule has 0 atom stereocenters. The largest absolute Gasteiger partial charge is 0.489 e. The third-order valence-corrected chi connectivity index (χ3v) is 5.71. The number of fused-ring (bicyclic) bond motifs is 2. The van der Waals surface area contributed by atoms with Gasteiger partial charge in [-0.1, -0.05) is 12.1 Å². The molecule has 2 aromatic rings. The van der Waals surface area contributed by atoms with Gasteiger partial charge < -0.3 is 24.4 Å². The van der Waals surface area contributed by atoms with Crippen LogP contribution in [-0.4, -0.2) is 48.6 Å². The first-order valence-corrected chi connectivity index (χ1v) is 10.3. The van der Waals surface area contributed by atoms with Crippen LogP contribution >= 0.6 is 0 Å². The number of likely N-dealkylation sites (tertiary alicyclic amines) is 1. The maximum atomic E-state index is 14.4. The maximum absolute atomic E-state index is 14.4. The minimum Gasteiger partial charge on any atom is -0.489 e. The van der Waals surface area contributed by atoms with Gasteiger partial charge in [0, 0.05) is 37.1 Å². The second-order valence-electron chi connectivity index (χ2n) is 8.84. The summed E-state index contributed by atoms with van der Waals surface area (Å²) < 4.78 is 31.6. The molecule has 3 aliphatic rings. The highest BCUT2D eigenvalue weighted by Crippen LogP contribution is 2.42. The summed E-state index contributed by atoms with van der Waals surface area (Å²) >= 11 is 0. The van der Waals surface area contributed by atoms with E-state index < -0.39 is 11.7 Å². The average Bonchev–Trinajstić information content (AvgIpc) is 3.01. The van der Waals surface area contributed by atoms with E-state index in [-0.39, 0.29) is 35.3 Å². The second kappa shape index (κ2) is 7.14. The number of benzene rings is 2. The standard InChI is InChI=1S/C23H23FN2O5/c1-23(2)8-14-4-3-5-18(21(14)31-23)29-11-13-9-26(10-13)22(28)15-6-17-19(7-16(15)24)30-12-20(27)25-17/h3-7,13H,8-12H2,1-2H3,(H,25,27). The molecule has 162 valence electrons. The van der Waals surface area contributed by atoms with Crippen LogP contribution in [0.5, 0.6) is 17.2 Å². The molecular weight excluding hydrogens is 403 g/mol. The van der Waals surface area contributed by atoms with Crippen LogP contribution in [0, 0.1) is 11.7 Å². The number of hydrogen-bond donors (Lipinski definition) is 1. The summed E-state index contributed by atoms with van der Waals surface area (Å²) in [4.78, 5) is 25.8. The summed E-state index contributed by atoms with van der Waals surface area (Å²) in [5.74, 6) is 0.464. The molecule has 1 N–H and O–H groups in total. The highest BCUT2D eigenvalue weighted by atomic mass is 19.1. The van der Waals surface area contributed by atoms with Crippen molar-refractivity contribution in [1.82, 2.24) is 4.90 Å². The minimum absolute atomic E-state index is 0.0829. The predicted molar refractivity (Wildman–Crippen MR) is 110 cm³/mol. The molecule has 0 aliphatic carbocycles. The molecule has 8 heteroatoms. The lowest BCUT2D eigenvalue weighted by Gasteiger charge is -2.39. The van der Waals surface area contributed by atoms with Gasteiger partial charge in [-0.15, -0.1) is 0 Å². The molecule has 0 aromatic heterocycles. The van der Waals surface area contributed by atoms with Crippen molar-refractivity contribution in [2.24, 2.45) is 5.92 Å². The Labute approximate surface area is 179 Å². The number of nitrogens with zero attached hydrogens (tertiary/aromatic N) is 1. The number of para-hydroxylation sites is 1. The highest BCUT2D eigenvalue weighted by molar-refractivity contribution is 6.00. The molecule has 2 amide bonds. The van der Waals surface area contributed by atoms with Gasteiger partial charge in [0.05, 0.1) is 17.9 Å². The third kappa shape index (κ3) is 3.66. The van der Waals surface area contributed by atoms with Crippen molar-refractivity contribution in [3.05, 3.63) is 47.3 Å². The first-order chi connectivity index (χ1) is 14.8. The molecule has 2 aromatic carbocycles. The number of halogens is 1. The summed E-state index contributed by atoms with van der Waals surface area (Å²) in [6, 6.07) is 8.36. The summed E-state index contributed by atoms with van der Waals surface area (Å²) in [6.07, 6.45) is 0.836. The van der Waals surface area contributed by atoms with Gasteiger partial charge in [0.1, 0.15) is 17.2 Å². The summed E-state index contributed by atoms with van der Waals surface area (Å²) in [5.41, 5.74) is 1.11. The molecular formula is C23H23FN2O5. The van der Waals surface area contributed by atoms with Gasteiger partial charge in [-0.05, 0) is 26.0 Å².